The topological polar surface area (TPSA) is 12.0 Å². The lowest BCUT2D eigenvalue weighted by molar-refractivity contribution is 0.691. The van der Waals surface area contributed by atoms with Gasteiger partial charge in [0.05, 0.1) is 16.1 Å². The summed E-state index contributed by atoms with van der Waals surface area (Å²) in [7, 11) is 1.92. The minimum absolute atomic E-state index is 0.0471. The summed E-state index contributed by atoms with van der Waals surface area (Å²) in [4.78, 5) is 0. The maximum absolute atomic E-state index is 6.28. The highest BCUT2D eigenvalue weighted by atomic mass is 127. The monoisotopic (exact) mass is 391 g/mol. The molecule has 0 radical (unpaired) electrons. The van der Waals surface area contributed by atoms with E-state index < -0.39 is 0 Å². The Labute approximate surface area is 131 Å². The molecule has 1 nitrogen and oxygen atoms in total. The minimum atomic E-state index is 0.0471. The Morgan fingerprint density at radius 2 is 1.83 bits per heavy atom. The molecule has 1 N–H and O–H groups in total. The van der Waals surface area contributed by atoms with E-state index in [1.165, 1.54) is 9.13 Å². The second-order valence-corrected chi connectivity index (χ2v) is 5.95. The zero-order valence-electron chi connectivity index (χ0n) is 9.75. The highest BCUT2D eigenvalue weighted by Gasteiger charge is 2.16. The Kier molecular flexibility index (Phi) is 4.90. The number of hydrogen-bond acceptors (Lipinski definition) is 1. The molecule has 0 aliphatic rings. The van der Waals surface area contributed by atoms with Crippen LogP contribution in [0.2, 0.25) is 10.0 Å². The third-order valence-electron chi connectivity index (χ3n) is 2.76. The molecule has 1 atom stereocenters. The van der Waals surface area contributed by atoms with Gasteiger partial charge in [-0.1, -0.05) is 47.5 Å². The molecule has 4 heteroatoms. The minimum Gasteiger partial charge on any atom is -0.309 e. The summed E-state index contributed by atoms with van der Waals surface area (Å²) in [5.41, 5.74) is 2.17. The molecular formula is C14H12Cl2IN. The van der Waals surface area contributed by atoms with Crippen LogP contribution in [0, 0.1) is 3.57 Å². The van der Waals surface area contributed by atoms with Gasteiger partial charge in [-0.15, -0.1) is 0 Å². The second-order valence-electron chi connectivity index (χ2n) is 3.92. The molecule has 0 saturated carbocycles. The van der Waals surface area contributed by atoms with E-state index in [2.05, 4.69) is 46.1 Å². The Bertz CT molecular complexity index is 557. The zero-order valence-corrected chi connectivity index (χ0v) is 13.4. The van der Waals surface area contributed by atoms with Gasteiger partial charge in [0.2, 0.25) is 0 Å². The first-order chi connectivity index (χ1) is 8.63. The molecule has 2 aromatic carbocycles. The normalized spacial score (nSPS) is 12.4. The van der Waals surface area contributed by atoms with Crippen LogP contribution in [0.25, 0.3) is 0 Å². The first kappa shape index (κ1) is 14.1. The average molecular weight is 392 g/mol. The van der Waals surface area contributed by atoms with Crippen molar-refractivity contribution in [2.24, 2.45) is 0 Å². The lowest BCUT2D eigenvalue weighted by atomic mass is 9.99. The average Bonchev–Trinajstić information content (AvgIpc) is 2.35. The first-order valence-corrected chi connectivity index (χ1v) is 7.33. The summed E-state index contributed by atoms with van der Waals surface area (Å²) in [6, 6.07) is 14.1. The van der Waals surface area contributed by atoms with Gasteiger partial charge in [0.1, 0.15) is 0 Å². The van der Waals surface area contributed by atoms with Crippen molar-refractivity contribution in [2.75, 3.05) is 7.05 Å². The van der Waals surface area contributed by atoms with Crippen LogP contribution in [0.3, 0.4) is 0 Å². The molecule has 0 spiro atoms. The van der Waals surface area contributed by atoms with E-state index in [0.717, 1.165) is 5.56 Å². The summed E-state index contributed by atoms with van der Waals surface area (Å²) in [5.74, 6) is 0. The van der Waals surface area contributed by atoms with Gasteiger partial charge in [-0.25, -0.2) is 0 Å². The molecule has 94 valence electrons. The largest absolute Gasteiger partial charge is 0.309 e. The molecule has 0 aliphatic carbocycles. The molecular weight excluding hydrogens is 380 g/mol. The summed E-state index contributed by atoms with van der Waals surface area (Å²) >= 11 is 14.7. The van der Waals surface area contributed by atoms with Gasteiger partial charge in [0.15, 0.2) is 0 Å². The van der Waals surface area contributed by atoms with E-state index in [4.69, 9.17) is 23.2 Å². The molecule has 0 saturated heterocycles. The Hall–Kier alpha value is -0.290. The van der Waals surface area contributed by atoms with Crippen molar-refractivity contribution in [3.8, 4) is 0 Å². The summed E-state index contributed by atoms with van der Waals surface area (Å²) in [6.45, 7) is 0. The predicted octanol–water partition coefficient (Wildman–Crippen LogP) is 4.91. The second kappa shape index (κ2) is 6.24. The Balaban J connectivity index is 2.49. The number of rotatable bonds is 3. The van der Waals surface area contributed by atoms with Gasteiger partial charge in [-0.2, -0.15) is 0 Å². The molecule has 0 heterocycles. The number of benzene rings is 2. The lowest BCUT2D eigenvalue weighted by Crippen LogP contribution is -2.18. The Morgan fingerprint density at radius 3 is 2.50 bits per heavy atom. The van der Waals surface area contributed by atoms with Crippen LogP contribution in [-0.2, 0) is 0 Å². The number of hydrogen-bond donors (Lipinski definition) is 1. The number of nitrogens with one attached hydrogen (secondary N) is 1. The molecule has 2 rings (SSSR count). The smallest absolute Gasteiger partial charge is 0.0643 e. The van der Waals surface area contributed by atoms with Crippen LogP contribution in [0.5, 0.6) is 0 Å². The standard InChI is InChI=1S/C14H12Cl2IN/c1-18-14(9-4-2-5-10(17)8-9)11-6-3-7-12(15)13(11)16/h2-8,14,18H,1H3. The SMILES string of the molecule is CNC(c1cccc(I)c1)c1cccc(Cl)c1Cl. The van der Waals surface area contributed by atoms with Crippen molar-refractivity contribution in [1.82, 2.24) is 5.32 Å². The van der Waals surface area contributed by atoms with Gasteiger partial charge in [0, 0.05) is 3.57 Å². The van der Waals surface area contributed by atoms with Crippen molar-refractivity contribution >= 4 is 45.8 Å². The van der Waals surface area contributed by atoms with Gasteiger partial charge >= 0.3 is 0 Å². The highest BCUT2D eigenvalue weighted by molar-refractivity contribution is 14.1. The van der Waals surface area contributed by atoms with Gasteiger partial charge in [0.25, 0.3) is 0 Å². The zero-order chi connectivity index (χ0) is 13.1. The maximum atomic E-state index is 6.28. The van der Waals surface area contributed by atoms with E-state index in [1.807, 2.05) is 25.2 Å². The highest BCUT2D eigenvalue weighted by Crippen LogP contribution is 2.33. The van der Waals surface area contributed by atoms with E-state index >= 15 is 0 Å². The molecule has 0 fully saturated rings. The van der Waals surface area contributed by atoms with Crippen molar-refractivity contribution in [1.29, 1.82) is 0 Å². The summed E-state index contributed by atoms with van der Waals surface area (Å²) in [6.07, 6.45) is 0. The van der Waals surface area contributed by atoms with Crippen molar-refractivity contribution in [3.05, 3.63) is 67.2 Å². The summed E-state index contributed by atoms with van der Waals surface area (Å²) in [5, 5.41) is 4.48. The van der Waals surface area contributed by atoms with Crippen LogP contribution in [0.15, 0.2) is 42.5 Å². The van der Waals surface area contributed by atoms with Crippen LogP contribution < -0.4 is 5.32 Å². The van der Waals surface area contributed by atoms with Crippen molar-refractivity contribution in [2.45, 2.75) is 6.04 Å². The summed E-state index contributed by atoms with van der Waals surface area (Å²) < 4.78 is 1.20. The number of halogens is 3. The fourth-order valence-corrected chi connectivity index (χ4v) is 2.92. The van der Waals surface area contributed by atoms with E-state index in [0.29, 0.717) is 10.0 Å². The van der Waals surface area contributed by atoms with Gasteiger partial charge < -0.3 is 5.32 Å². The lowest BCUT2D eigenvalue weighted by Gasteiger charge is -2.19. The van der Waals surface area contributed by atoms with Crippen LogP contribution in [-0.4, -0.2) is 7.05 Å². The van der Waals surface area contributed by atoms with Gasteiger partial charge in [-0.3, -0.25) is 0 Å². The molecule has 2 aromatic rings. The van der Waals surface area contributed by atoms with E-state index in [1.54, 1.807) is 6.07 Å². The van der Waals surface area contributed by atoms with Gasteiger partial charge in [-0.05, 0) is 59.0 Å². The van der Waals surface area contributed by atoms with Crippen LogP contribution in [0.1, 0.15) is 17.2 Å². The molecule has 0 aromatic heterocycles. The fourth-order valence-electron chi connectivity index (χ4n) is 1.93. The quantitative estimate of drug-likeness (QED) is 0.733. The van der Waals surface area contributed by atoms with Crippen molar-refractivity contribution in [3.63, 3.8) is 0 Å². The Morgan fingerprint density at radius 1 is 1.11 bits per heavy atom. The van der Waals surface area contributed by atoms with E-state index in [9.17, 15) is 0 Å². The third kappa shape index (κ3) is 2.99. The molecule has 0 bridgehead atoms. The van der Waals surface area contributed by atoms with E-state index in [-0.39, 0.29) is 6.04 Å². The fraction of sp³-hybridized carbons (Fsp3) is 0.143. The predicted molar refractivity (Wildman–Crippen MR) is 86.5 cm³/mol. The molecule has 0 aliphatic heterocycles. The third-order valence-corrected chi connectivity index (χ3v) is 4.27. The van der Waals surface area contributed by atoms with Crippen LogP contribution in [0.4, 0.5) is 0 Å². The maximum Gasteiger partial charge on any atom is 0.0643 e. The first-order valence-electron chi connectivity index (χ1n) is 5.50. The molecule has 18 heavy (non-hydrogen) atoms. The molecule has 1 unspecified atom stereocenters. The van der Waals surface area contributed by atoms with Crippen LogP contribution >= 0.6 is 45.8 Å². The van der Waals surface area contributed by atoms with Crippen molar-refractivity contribution < 1.29 is 0 Å². The molecule has 0 amide bonds.